The molecule has 1 amide bonds. The highest BCUT2D eigenvalue weighted by molar-refractivity contribution is 5.94. The number of nitrogens with zero attached hydrogens (tertiary/aromatic N) is 4. The first-order chi connectivity index (χ1) is 10.6. The molecule has 1 aliphatic rings. The van der Waals surface area contributed by atoms with Gasteiger partial charge in [-0.05, 0) is 25.0 Å². The van der Waals surface area contributed by atoms with Crippen LogP contribution in [0, 0.1) is 0 Å². The molecule has 0 bridgehead atoms. The number of aromatic nitrogens is 3. The Hall–Kier alpha value is -2.37. The van der Waals surface area contributed by atoms with E-state index in [9.17, 15) is 4.79 Å². The lowest BCUT2D eigenvalue weighted by atomic mass is 9.96. The van der Waals surface area contributed by atoms with Gasteiger partial charge in [-0.25, -0.2) is 9.97 Å². The average molecular weight is 299 g/mol. The number of hydrogen-bond acceptors (Lipinski definition) is 4. The third-order valence-corrected chi connectivity index (χ3v) is 4.14. The highest BCUT2D eigenvalue weighted by Gasteiger charge is 2.25. The third-order valence-electron chi connectivity index (χ3n) is 4.14. The van der Waals surface area contributed by atoms with Crippen molar-refractivity contribution in [3.8, 4) is 0 Å². The molecule has 1 aliphatic heterocycles. The van der Waals surface area contributed by atoms with E-state index in [2.05, 4.69) is 15.0 Å². The molecule has 22 heavy (non-hydrogen) atoms. The number of piperidine rings is 1. The lowest BCUT2D eigenvalue weighted by molar-refractivity contribution is 0.0711. The second-order valence-electron chi connectivity index (χ2n) is 5.84. The van der Waals surface area contributed by atoms with Gasteiger partial charge in [-0.1, -0.05) is 0 Å². The molecule has 1 fully saturated rings. The minimum Gasteiger partial charge on any atom is -0.363 e. The predicted molar refractivity (Wildman–Crippen MR) is 85.0 cm³/mol. The zero-order chi connectivity index (χ0) is 15.5. The lowest BCUT2D eigenvalue weighted by Crippen LogP contribution is -2.38. The first-order valence-electron chi connectivity index (χ1n) is 7.57. The number of hydrogen-bond donors (Lipinski definition) is 1. The van der Waals surface area contributed by atoms with Gasteiger partial charge >= 0.3 is 0 Å². The van der Waals surface area contributed by atoms with Crippen LogP contribution in [0.1, 0.15) is 34.9 Å². The summed E-state index contributed by atoms with van der Waals surface area (Å²) in [5.41, 5.74) is 0.655. The molecule has 0 saturated carbocycles. The quantitative estimate of drug-likeness (QED) is 0.940. The van der Waals surface area contributed by atoms with E-state index in [-0.39, 0.29) is 5.91 Å². The first kappa shape index (κ1) is 14.6. The molecule has 0 radical (unpaired) electrons. The Morgan fingerprint density at radius 1 is 1.27 bits per heavy atom. The molecule has 3 rings (SSSR count). The van der Waals surface area contributed by atoms with E-state index in [0.717, 1.165) is 37.6 Å². The van der Waals surface area contributed by atoms with Gasteiger partial charge in [-0.3, -0.25) is 4.79 Å². The third kappa shape index (κ3) is 2.95. The van der Waals surface area contributed by atoms with E-state index in [1.54, 1.807) is 12.4 Å². The fourth-order valence-corrected chi connectivity index (χ4v) is 2.82. The minimum absolute atomic E-state index is 0.0655. The monoisotopic (exact) mass is 299 g/mol. The number of nitrogens with one attached hydrogen (secondary N) is 1. The normalized spacial score (nSPS) is 15.8. The molecule has 0 aliphatic carbocycles. The maximum absolute atomic E-state index is 12.5. The second kappa shape index (κ2) is 6.17. The van der Waals surface area contributed by atoms with Crippen molar-refractivity contribution in [1.29, 1.82) is 0 Å². The van der Waals surface area contributed by atoms with Crippen molar-refractivity contribution in [3.05, 3.63) is 42.1 Å². The molecule has 0 atom stereocenters. The van der Waals surface area contributed by atoms with Crippen molar-refractivity contribution in [2.45, 2.75) is 18.8 Å². The number of rotatable bonds is 3. The van der Waals surface area contributed by atoms with Crippen LogP contribution in [-0.4, -0.2) is 52.9 Å². The molecule has 6 heteroatoms. The van der Waals surface area contributed by atoms with Crippen molar-refractivity contribution < 1.29 is 4.79 Å². The summed E-state index contributed by atoms with van der Waals surface area (Å²) in [5, 5.41) is 0. The molecule has 0 spiro atoms. The summed E-state index contributed by atoms with van der Waals surface area (Å²) in [5.74, 6) is 2.38. The van der Waals surface area contributed by atoms with Gasteiger partial charge in [0.15, 0.2) is 0 Å². The highest BCUT2D eigenvalue weighted by atomic mass is 16.2. The Balaban J connectivity index is 1.62. The van der Waals surface area contributed by atoms with Crippen molar-refractivity contribution in [3.63, 3.8) is 0 Å². The van der Waals surface area contributed by atoms with Gasteiger partial charge < -0.3 is 14.8 Å². The maximum atomic E-state index is 12.5. The van der Waals surface area contributed by atoms with Crippen LogP contribution >= 0.6 is 0 Å². The summed E-state index contributed by atoms with van der Waals surface area (Å²) in [4.78, 5) is 28.2. The summed E-state index contributed by atoms with van der Waals surface area (Å²) < 4.78 is 0. The van der Waals surface area contributed by atoms with E-state index in [1.807, 2.05) is 42.2 Å². The summed E-state index contributed by atoms with van der Waals surface area (Å²) >= 11 is 0. The fourth-order valence-electron chi connectivity index (χ4n) is 2.82. The Morgan fingerprint density at radius 2 is 2.05 bits per heavy atom. The summed E-state index contributed by atoms with van der Waals surface area (Å²) in [6, 6.07) is 3.73. The summed E-state index contributed by atoms with van der Waals surface area (Å²) in [6.07, 6.45) is 7.19. The highest BCUT2D eigenvalue weighted by Crippen LogP contribution is 2.26. The van der Waals surface area contributed by atoms with Crippen molar-refractivity contribution >= 4 is 11.7 Å². The van der Waals surface area contributed by atoms with Crippen molar-refractivity contribution in [2.75, 3.05) is 32.1 Å². The minimum atomic E-state index is 0.0655. The van der Waals surface area contributed by atoms with E-state index in [0.29, 0.717) is 11.5 Å². The molecule has 3 heterocycles. The molecule has 1 saturated heterocycles. The van der Waals surface area contributed by atoms with Crippen molar-refractivity contribution in [1.82, 2.24) is 19.9 Å². The topological polar surface area (TPSA) is 65.1 Å². The number of carbonyl (C=O) groups is 1. The molecule has 0 unspecified atom stereocenters. The number of H-pyrrole nitrogens is 1. The molecule has 116 valence electrons. The van der Waals surface area contributed by atoms with Gasteiger partial charge in [0, 0.05) is 51.7 Å². The van der Waals surface area contributed by atoms with E-state index in [1.165, 1.54) is 0 Å². The van der Waals surface area contributed by atoms with Crippen LogP contribution in [0.15, 0.2) is 30.7 Å². The number of carbonyl (C=O) groups excluding carboxylic acids is 1. The molecular formula is C16H21N5O. The van der Waals surface area contributed by atoms with E-state index in [4.69, 9.17) is 0 Å². The van der Waals surface area contributed by atoms with Crippen LogP contribution in [0.4, 0.5) is 5.82 Å². The second-order valence-corrected chi connectivity index (χ2v) is 5.84. The Bertz CT molecular complexity index is 612. The molecule has 2 aromatic heterocycles. The van der Waals surface area contributed by atoms with Gasteiger partial charge in [-0.15, -0.1) is 0 Å². The van der Waals surface area contributed by atoms with Crippen LogP contribution in [0.25, 0.3) is 0 Å². The van der Waals surface area contributed by atoms with Gasteiger partial charge in [0.2, 0.25) is 0 Å². The molecule has 6 nitrogen and oxygen atoms in total. The maximum Gasteiger partial charge on any atom is 0.255 e. The zero-order valence-corrected chi connectivity index (χ0v) is 13.0. The fraction of sp³-hybridized carbons (Fsp3) is 0.438. The number of anilines is 1. The van der Waals surface area contributed by atoms with Gasteiger partial charge in [-0.2, -0.15) is 0 Å². The molecule has 2 aromatic rings. The SMILES string of the molecule is CN(C)c1ccc(C(=O)N2CCC(c3ncc[nH]3)CC2)cn1. The van der Waals surface area contributed by atoms with Crippen molar-refractivity contribution in [2.24, 2.45) is 0 Å². The van der Waals surface area contributed by atoms with E-state index < -0.39 is 0 Å². The van der Waals surface area contributed by atoms with Gasteiger partial charge in [0.1, 0.15) is 11.6 Å². The number of pyridine rings is 1. The number of amides is 1. The average Bonchev–Trinajstić information content (AvgIpc) is 3.09. The summed E-state index contributed by atoms with van der Waals surface area (Å²) in [7, 11) is 3.87. The standard InChI is InChI=1S/C16H21N5O/c1-20(2)14-4-3-13(11-19-14)16(22)21-9-5-12(6-10-21)15-17-7-8-18-15/h3-4,7-8,11-12H,5-6,9-10H2,1-2H3,(H,17,18). The smallest absolute Gasteiger partial charge is 0.255 e. The van der Waals surface area contributed by atoms with E-state index >= 15 is 0 Å². The van der Waals surface area contributed by atoms with Crippen LogP contribution in [0.3, 0.4) is 0 Å². The number of imidazole rings is 1. The van der Waals surface area contributed by atoms with Crippen LogP contribution in [-0.2, 0) is 0 Å². The molecule has 0 aromatic carbocycles. The number of aromatic amines is 1. The lowest BCUT2D eigenvalue weighted by Gasteiger charge is -2.31. The first-order valence-corrected chi connectivity index (χ1v) is 7.57. The predicted octanol–water partition coefficient (Wildman–Crippen LogP) is 1.89. The summed E-state index contributed by atoms with van der Waals surface area (Å²) in [6.45, 7) is 1.53. The largest absolute Gasteiger partial charge is 0.363 e. The van der Waals surface area contributed by atoms with Crippen LogP contribution in [0.2, 0.25) is 0 Å². The molecule has 1 N–H and O–H groups in total. The number of likely N-dealkylation sites (tertiary alicyclic amines) is 1. The Labute approximate surface area is 130 Å². The Kier molecular flexibility index (Phi) is 4.09. The van der Waals surface area contributed by atoms with Gasteiger partial charge in [0.25, 0.3) is 5.91 Å². The molecular weight excluding hydrogens is 278 g/mol. The van der Waals surface area contributed by atoms with Crippen LogP contribution < -0.4 is 4.90 Å². The zero-order valence-electron chi connectivity index (χ0n) is 13.0. The Morgan fingerprint density at radius 3 is 2.59 bits per heavy atom. The van der Waals surface area contributed by atoms with Gasteiger partial charge in [0.05, 0.1) is 5.56 Å². The van der Waals surface area contributed by atoms with Crippen LogP contribution in [0.5, 0.6) is 0 Å².